The molecule has 6 nitrogen and oxygen atoms in total. The highest BCUT2D eigenvalue weighted by Gasteiger charge is 2.13. The van der Waals surface area contributed by atoms with Gasteiger partial charge in [0.25, 0.3) is 0 Å². The van der Waals surface area contributed by atoms with E-state index >= 15 is 0 Å². The number of nitrogens with one attached hydrogen (secondary N) is 2. The Kier molecular flexibility index (Phi) is 6.01. The molecule has 6 heteroatoms. The van der Waals surface area contributed by atoms with Crippen molar-refractivity contribution in [2.24, 2.45) is 5.10 Å². The van der Waals surface area contributed by atoms with Crippen molar-refractivity contribution in [1.29, 1.82) is 0 Å². The van der Waals surface area contributed by atoms with Gasteiger partial charge in [-0.15, -0.1) is 0 Å². The Balaban J connectivity index is 1.61. The molecule has 0 spiro atoms. The summed E-state index contributed by atoms with van der Waals surface area (Å²) in [5.74, 6) is -0.936. The highest BCUT2D eigenvalue weighted by Crippen LogP contribution is 2.17. The van der Waals surface area contributed by atoms with Crippen LogP contribution in [0, 0.1) is 0 Å². The maximum absolute atomic E-state index is 12.0. The number of benzene rings is 3. The second-order valence-electron chi connectivity index (χ2n) is 6.11. The third-order valence-electron chi connectivity index (χ3n) is 4.12. The highest BCUT2D eigenvalue weighted by atomic mass is 16.5. The number of nitrogens with zero attached hydrogens (tertiary/aromatic N) is 1. The van der Waals surface area contributed by atoms with Crippen LogP contribution >= 0.6 is 0 Å². The van der Waals surface area contributed by atoms with E-state index in [0.717, 1.165) is 16.3 Å². The number of amides is 2. The van der Waals surface area contributed by atoms with E-state index in [1.54, 1.807) is 31.2 Å². The number of carbonyl (C=O) groups excluding carboxylic acids is 2. The van der Waals surface area contributed by atoms with Crippen molar-refractivity contribution in [1.82, 2.24) is 5.43 Å². The van der Waals surface area contributed by atoms with Crippen LogP contribution in [0.5, 0.6) is 5.75 Å². The molecule has 0 saturated carbocycles. The third kappa shape index (κ3) is 4.73. The molecule has 0 unspecified atom stereocenters. The number of fused-ring (bicyclic) bond motifs is 1. The lowest BCUT2D eigenvalue weighted by molar-refractivity contribution is -0.136. The van der Waals surface area contributed by atoms with E-state index in [1.807, 2.05) is 49.4 Å². The van der Waals surface area contributed by atoms with Crippen LogP contribution in [-0.4, -0.2) is 24.1 Å². The molecule has 28 heavy (non-hydrogen) atoms. The van der Waals surface area contributed by atoms with Crippen LogP contribution in [0.2, 0.25) is 0 Å². The zero-order valence-corrected chi connectivity index (χ0v) is 15.7. The molecule has 0 aliphatic heterocycles. The molecule has 0 aromatic heterocycles. The van der Waals surface area contributed by atoms with Crippen LogP contribution < -0.4 is 15.5 Å². The zero-order valence-electron chi connectivity index (χ0n) is 15.7. The van der Waals surface area contributed by atoms with E-state index in [4.69, 9.17) is 4.74 Å². The molecule has 0 bridgehead atoms. The Morgan fingerprint density at radius 2 is 1.64 bits per heavy atom. The van der Waals surface area contributed by atoms with E-state index in [1.165, 1.54) is 0 Å². The molecular weight excluding hydrogens is 354 g/mol. The van der Waals surface area contributed by atoms with Gasteiger partial charge >= 0.3 is 11.8 Å². The molecule has 3 rings (SSSR count). The standard InChI is InChI=1S/C22H21N3O3/c1-3-28-20-12-10-19(11-13-20)23-21(26)22(27)25-24-15(2)17-9-8-16-6-4-5-7-18(16)14-17/h4-14H,3H2,1-2H3,(H,23,26)(H,25,27). The summed E-state index contributed by atoms with van der Waals surface area (Å²) in [6, 6.07) is 20.7. The van der Waals surface area contributed by atoms with Gasteiger partial charge in [-0.3, -0.25) is 9.59 Å². The first kappa shape index (κ1) is 19.1. The van der Waals surface area contributed by atoms with Crippen molar-refractivity contribution < 1.29 is 14.3 Å². The highest BCUT2D eigenvalue weighted by molar-refractivity contribution is 6.39. The largest absolute Gasteiger partial charge is 0.494 e. The van der Waals surface area contributed by atoms with Gasteiger partial charge in [0.05, 0.1) is 12.3 Å². The van der Waals surface area contributed by atoms with Crippen molar-refractivity contribution in [2.75, 3.05) is 11.9 Å². The first-order valence-electron chi connectivity index (χ1n) is 8.94. The summed E-state index contributed by atoms with van der Waals surface area (Å²) in [5.41, 5.74) is 4.26. The van der Waals surface area contributed by atoms with Crippen LogP contribution in [0.15, 0.2) is 71.8 Å². The van der Waals surface area contributed by atoms with E-state index in [0.29, 0.717) is 23.8 Å². The minimum atomic E-state index is -0.839. The lowest BCUT2D eigenvalue weighted by Crippen LogP contribution is -2.32. The number of ether oxygens (including phenoxy) is 1. The van der Waals surface area contributed by atoms with Gasteiger partial charge in [0, 0.05) is 5.69 Å². The summed E-state index contributed by atoms with van der Waals surface area (Å²) < 4.78 is 5.34. The van der Waals surface area contributed by atoms with Gasteiger partial charge in [0.2, 0.25) is 0 Å². The van der Waals surface area contributed by atoms with Crippen molar-refractivity contribution in [2.45, 2.75) is 13.8 Å². The van der Waals surface area contributed by atoms with Gasteiger partial charge in [-0.25, -0.2) is 5.43 Å². The molecule has 0 heterocycles. The van der Waals surface area contributed by atoms with Crippen LogP contribution in [-0.2, 0) is 9.59 Å². The van der Waals surface area contributed by atoms with Gasteiger partial charge in [-0.2, -0.15) is 5.10 Å². The van der Waals surface area contributed by atoms with Crippen LogP contribution in [0.25, 0.3) is 10.8 Å². The summed E-state index contributed by atoms with van der Waals surface area (Å²) in [5, 5.41) is 8.76. The maximum Gasteiger partial charge on any atom is 0.329 e. The fraction of sp³-hybridized carbons (Fsp3) is 0.136. The minimum Gasteiger partial charge on any atom is -0.494 e. The van der Waals surface area contributed by atoms with Gasteiger partial charge in [0.1, 0.15) is 5.75 Å². The average molecular weight is 375 g/mol. The number of rotatable bonds is 5. The number of anilines is 1. The molecule has 0 atom stereocenters. The minimum absolute atomic E-state index is 0.499. The predicted octanol–water partition coefficient (Wildman–Crippen LogP) is 3.72. The Labute approximate surface area is 163 Å². The lowest BCUT2D eigenvalue weighted by Gasteiger charge is -2.07. The van der Waals surface area contributed by atoms with Crippen LogP contribution in [0.4, 0.5) is 5.69 Å². The van der Waals surface area contributed by atoms with E-state index in [9.17, 15) is 9.59 Å². The molecule has 2 N–H and O–H groups in total. The summed E-state index contributed by atoms with van der Waals surface area (Å²) in [4.78, 5) is 24.0. The molecule has 0 fully saturated rings. The van der Waals surface area contributed by atoms with E-state index in [2.05, 4.69) is 15.8 Å². The zero-order chi connectivity index (χ0) is 19.9. The lowest BCUT2D eigenvalue weighted by atomic mass is 10.0. The van der Waals surface area contributed by atoms with Gasteiger partial charge in [-0.1, -0.05) is 36.4 Å². The van der Waals surface area contributed by atoms with Gasteiger partial charge < -0.3 is 10.1 Å². The number of hydrogen-bond acceptors (Lipinski definition) is 4. The fourth-order valence-corrected chi connectivity index (χ4v) is 2.65. The Morgan fingerprint density at radius 1 is 0.929 bits per heavy atom. The van der Waals surface area contributed by atoms with E-state index in [-0.39, 0.29) is 0 Å². The molecule has 3 aromatic rings. The smallest absolute Gasteiger partial charge is 0.329 e. The monoisotopic (exact) mass is 375 g/mol. The van der Waals surface area contributed by atoms with E-state index < -0.39 is 11.8 Å². The Morgan fingerprint density at radius 3 is 2.36 bits per heavy atom. The SMILES string of the molecule is CCOc1ccc(NC(=O)C(=O)NN=C(C)c2ccc3ccccc3c2)cc1. The summed E-state index contributed by atoms with van der Waals surface area (Å²) in [6.07, 6.45) is 0. The molecular formula is C22H21N3O3. The van der Waals surface area contributed by atoms with Crippen LogP contribution in [0.1, 0.15) is 19.4 Å². The predicted molar refractivity (Wildman–Crippen MR) is 111 cm³/mol. The number of carbonyl (C=O) groups is 2. The average Bonchev–Trinajstić information content (AvgIpc) is 2.73. The molecule has 0 saturated heterocycles. The summed E-state index contributed by atoms with van der Waals surface area (Å²) >= 11 is 0. The van der Waals surface area contributed by atoms with Crippen LogP contribution in [0.3, 0.4) is 0 Å². The molecule has 0 aliphatic rings. The normalized spacial score (nSPS) is 11.1. The second kappa shape index (κ2) is 8.81. The van der Waals surface area contributed by atoms with Crippen molar-refractivity contribution in [3.05, 3.63) is 72.3 Å². The molecule has 0 aliphatic carbocycles. The Bertz CT molecular complexity index is 1030. The van der Waals surface area contributed by atoms with Crippen molar-refractivity contribution >= 4 is 34.0 Å². The van der Waals surface area contributed by atoms with Gasteiger partial charge in [0.15, 0.2) is 0 Å². The number of hydrazone groups is 1. The quantitative estimate of drug-likeness (QED) is 0.405. The van der Waals surface area contributed by atoms with Gasteiger partial charge in [-0.05, 0) is 60.5 Å². The molecule has 2 amide bonds. The molecule has 0 radical (unpaired) electrons. The topological polar surface area (TPSA) is 79.8 Å². The van der Waals surface area contributed by atoms with Crippen molar-refractivity contribution in [3.8, 4) is 5.75 Å². The second-order valence-corrected chi connectivity index (χ2v) is 6.11. The third-order valence-corrected chi connectivity index (χ3v) is 4.12. The first-order valence-corrected chi connectivity index (χ1v) is 8.94. The fourth-order valence-electron chi connectivity index (χ4n) is 2.65. The molecule has 142 valence electrons. The number of hydrogen-bond donors (Lipinski definition) is 2. The summed E-state index contributed by atoms with van der Waals surface area (Å²) in [6.45, 7) is 4.22. The first-order chi connectivity index (χ1) is 13.6. The summed E-state index contributed by atoms with van der Waals surface area (Å²) in [7, 11) is 0. The molecule has 3 aromatic carbocycles. The van der Waals surface area contributed by atoms with Crippen molar-refractivity contribution in [3.63, 3.8) is 0 Å². The Hall–Kier alpha value is -3.67. The maximum atomic E-state index is 12.0.